The van der Waals surface area contributed by atoms with Gasteiger partial charge in [-0.1, -0.05) is 0 Å². The molecule has 1 rings (SSSR count). The first-order chi connectivity index (χ1) is 8.45. The average molecular weight is 260 g/mol. The number of nitrogens with one attached hydrogen (secondary N) is 1. The van der Waals surface area contributed by atoms with Crippen LogP contribution in [0, 0.1) is 5.92 Å². The van der Waals surface area contributed by atoms with Crippen molar-refractivity contribution in [3.63, 3.8) is 0 Å². The number of carboxylic acid groups (broad SMARTS) is 1. The highest BCUT2D eigenvalue weighted by atomic mass is 16.4. The number of likely N-dealkylation sites (tertiary alicyclic amines) is 1. The van der Waals surface area contributed by atoms with Gasteiger partial charge in [0.2, 0.25) is 0 Å². The lowest BCUT2D eigenvalue weighted by Gasteiger charge is -2.33. The molecule has 1 heterocycles. The molecule has 7 heteroatoms. The fourth-order valence-corrected chi connectivity index (χ4v) is 2.01. The van der Waals surface area contributed by atoms with Gasteiger partial charge in [-0.25, -0.2) is 9.59 Å². The maximum atomic E-state index is 11.7. The summed E-state index contributed by atoms with van der Waals surface area (Å²) in [6.45, 7) is 2.07. The number of hydrogen-bond acceptors (Lipinski definition) is 4. The third-order valence-corrected chi connectivity index (χ3v) is 3.29. The van der Waals surface area contributed by atoms with Crippen molar-refractivity contribution in [3.05, 3.63) is 0 Å². The normalized spacial score (nSPS) is 20.3. The molecule has 1 unspecified atom stereocenters. The number of carboxylic acids is 1. The van der Waals surface area contributed by atoms with Gasteiger partial charge in [0.1, 0.15) is 0 Å². The molecule has 0 spiro atoms. The van der Waals surface area contributed by atoms with Gasteiger partial charge in [0.15, 0.2) is 6.04 Å². The maximum absolute atomic E-state index is 11.7. The van der Waals surface area contributed by atoms with E-state index in [9.17, 15) is 14.7 Å². The number of hydrogen-bond donors (Lipinski definition) is 4. The van der Waals surface area contributed by atoms with Crippen LogP contribution in [0.5, 0.6) is 0 Å². The number of carbonyl (C=O) groups excluding carboxylic acids is 1. The Labute approximate surface area is 105 Å². The van der Waals surface area contributed by atoms with Crippen molar-refractivity contribution in [2.45, 2.75) is 31.9 Å². The molecule has 104 valence electrons. The summed E-state index contributed by atoms with van der Waals surface area (Å²) in [5.74, 6) is -1.08. The van der Waals surface area contributed by atoms with E-state index in [1.807, 2.05) is 0 Å². The van der Waals surface area contributed by atoms with Gasteiger partial charge < -0.3 is 25.5 Å². The fourth-order valence-electron chi connectivity index (χ4n) is 2.01. The number of aliphatic carboxylic acids is 1. The van der Waals surface area contributed by atoms with Crippen LogP contribution >= 0.6 is 0 Å². The second kappa shape index (κ2) is 6.55. The van der Waals surface area contributed by atoms with Gasteiger partial charge in [-0.3, -0.25) is 0 Å². The third kappa shape index (κ3) is 3.85. The van der Waals surface area contributed by atoms with Crippen molar-refractivity contribution in [2.75, 3.05) is 19.7 Å². The third-order valence-electron chi connectivity index (χ3n) is 3.29. The Morgan fingerprint density at radius 2 is 1.94 bits per heavy atom. The molecule has 0 aromatic rings. The van der Waals surface area contributed by atoms with Gasteiger partial charge in [0, 0.05) is 13.1 Å². The van der Waals surface area contributed by atoms with Crippen LogP contribution in [0.2, 0.25) is 0 Å². The van der Waals surface area contributed by atoms with Crippen molar-refractivity contribution in [1.82, 2.24) is 10.2 Å². The molecule has 1 saturated heterocycles. The Kier molecular flexibility index (Phi) is 5.36. The second-order valence-corrected chi connectivity index (χ2v) is 4.59. The predicted molar refractivity (Wildman–Crippen MR) is 63.0 cm³/mol. The van der Waals surface area contributed by atoms with E-state index in [0.717, 1.165) is 0 Å². The molecule has 1 aliphatic heterocycles. The first-order valence-corrected chi connectivity index (χ1v) is 6.03. The molecular weight excluding hydrogens is 240 g/mol. The Morgan fingerprint density at radius 1 is 1.39 bits per heavy atom. The summed E-state index contributed by atoms with van der Waals surface area (Å²) in [5, 5.41) is 29.2. The largest absolute Gasteiger partial charge is 0.480 e. The zero-order chi connectivity index (χ0) is 13.7. The van der Waals surface area contributed by atoms with Crippen LogP contribution in [0.1, 0.15) is 19.8 Å². The first kappa shape index (κ1) is 14.7. The molecule has 2 amide bonds. The van der Waals surface area contributed by atoms with Crippen molar-refractivity contribution in [3.8, 4) is 0 Å². The van der Waals surface area contributed by atoms with E-state index in [2.05, 4.69) is 5.32 Å². The molecular formula is C11H20N2O5. The molecule has 4 N–H and O–H groups in total. The minimum absolute atomic E-state index is 0.183. The van der Waals surface area contributed by atoms with E-state index in [0.29, 0.717) is 25.9 Å². The summed E-state index contributed by atoms with van der Waals surface area (Å²) in [4.78, 5) is 23.9. The quantitative estimate of drug-likeness (QED) is 0.531. The summed E-state index contributed by atoms with van der Waals surface area (Å²) in [6, 6.07) is -1.76. The van der Waals surface area contributed by atoms with E-state index >= 15 is 0 Å². The van der Waals surface area contributed by atoms with E-state index in [-0.39, 0.29) is 12.0 Å². The van der Waals surface area contributed by atoms with E-state index in [1.165, 1.54) is 4.90 Å². The van der Waals surface area contributed by atoms with Gasteiger partial charge in [0.25, 0.3) is 0 Å². The molecule has 0 bridgehead atoms. The minimum atomic E-state index is -1.27. The highest BCUT2D eigenvalue weighted by Crippen LogP contribution is 2.20. The van der Waals surface area contributed by atoms with Gasteiger partial charge in [-0.15, -0.1) is 0 Å². The fraction of sp³-hybridized carbons (Fsp3) is 0.818. The average Bonchev–Trinajstić information content (AvgIpc) is 2.35. The van der Waals surface area contributed by atoms with Crippen LogP contribution in [0.3, 0.4) is 0 Å². The van der Waals surface area contributed by atoms with Crippen molar-refractivity contribution in [2.24, 2.45) is 5.92 Å². The molecule has 1 aliphatic rings. The van der Waals surface area contributed by atoms with Gasteiger partial charge in [-0.05, 0) is 25.7 Å². The molecule has 0 saturated carbocycles. The Balaban J connectivity index is 2.42. The number of aliphatic hydroxyl groups excluding tert-OH is 2. The standard InChI is InChI=1S/C11H20N2O5/c1-7(15)8-2-4-13(5-3-8)11(18)12-9(6-14)10(16)17/h7-9,14-15H,2-6H2,1H3,(H,12,18)(H,16,17)/t7?,9-/m1/s1. The summed E-state index contributed by atoms with van der Waals surface area (Å²) < 4.78 is 0. The van der Waals surface area contributed by atoms with Crippen LogP contribution in [0.4, 0.5) is 4.79 Å². The lowest BCUT2D eigenvalue weighted by molar-refractivity contribution is -0.140. The molecule has 0 radical (unpaired) electrons. The predicted octanol–water partition coefficient (Wildman–Crippen LogP) is -0.766. The van der Waals surface area contributed by atoms with Crippen molar-refractivity contribution >= 4 is 12.0 Å². The van der Waals surface area contributed by atoms with Crippen molar-refractivity contribution < 1.29 is 24.9 Å². The van der Waals surface area contributed by atoms with Crippen LogP contribution in [-0.4, -0.2) is 64.1 Å². The molecule has 0 aliphatic carbocycles. The second-order valence-electron chi connectivity index (χ2n) is 4.59. The molecule has 7 nitrogen and oxygen atoms in total. The smallest absolute Gasteiger partial charge is 0.328 e. The van der Waals surface area contributed by atoms with Crippen LogP contribution in [0.25, 0.3) is 0 Å². The molecule has 0 aromatic heterocycles. The van der Waals surface area contributed by atoms with Crippen LogP contribution in [-0.2, 0) is 4.79 Å². The Bertz CT molecular complexity index is 300. The summed E-state index contributed by atoms with van der Waals surface area (Å²) in [5.41, 5.74) is 0. The Hall–Kier alpha value is -1.34. The van der Waals surface area contributed by atoms with Gasteiger partial charge >= 0.3 is 12.0 Å². The minimum Gasteiger partial charge on any atom is -0.480 e. The maximum Gasteiger partial charge on any atom is 0.328 e. The number of amides is 2. The lowest BCUT2D eigenvalue weighted by atomic mass is 9.92. The van der Waals surface area contributed by atoms with Crippen LogP contribution < -0.4 is 5.32 Å². The molecule has 0 aromatic carbocycles. The van der Waals surface area contributed by atoms with Crippen LogP contribution in [0.15, 0.2) is 0 Å². The zero-order valence-electron chi connectivity index (χ0n) is 10.4. The number of piperidine rings is 1. The summed E-state index contributed by atoms with van der Waals surface area (Å²) >= 11 is 0. The van der Waals surface area contributed by atoms with Crippen molar-refractivity contribution in [1.29, 1.82) is 0 Å². The highest BCUT2D eigenvalue weighted by Gasteiger charge is 2.27. The first-order valence-electron chi connectivity index (χ1n) is 6.03. The number of rotatable bonds is 4. The monoisotopic (exact) mass is 260 g/mol. The van der Waals surface area contributed by atoms with Gasteiger partial charge in [0.05, 0.1) is 12.7 Å². The van der Waals surface area contributed by atoms with Gasteiger partial charge in [-0.2, -0.15) is 0 Å². The van der Waals surface area contributed by atoms with E-state index in [1.54, 1.807) is 6.92 Å². The number of nitrogens with zero attached hydrogens (tertiary/aromatic N) is 1. The number of aliphatic hydroxyl groups is 2. The molecule has 2 atom stereocenters. The summed E-state index contributed by atoms with van der Waals surface area (Å²) in [7, 11) is 0. The number of urea groups is 1. The number of carbonyl (C=O) groups is 2. The highest BCUT2D eigenvalue weighted by molar-refractivity contribution is 5.82. The molecule has 18 heavy (non-hydrogen) atoms. The lowest BCUT2D eigenvalue weighted by Crippen LogP contribution is -2.51. The molecule has 1 fully saturated rings. The zero-order valence-corrected chi connectivity index (χ0v) is 10.4. The topological polar surface area (TPSA) is 110 Å². The van der Waals surface area contributed by atoms with E-state index in [4.69, 9.17) is 10.2 Å². The Morgan fingerprint density at radius 3 is 2.33 bits per heavy atom. The van der Waals surface area contributed by atoms with E-state index < -0.39 is 24.6 Å². The summed E-state index contributed by atoms with van der Waals surface area (Å²) in [6.07, 6.45) is 1.00. The SMILES string of the molecule is CC(O)C1CCN(C(=O)N[C@H](CO)C(=O)O)CC1.